The molecular formula is C24H24N4O5S. The quantitative estimate of drug-likeness (QED) is 0.302. The number of nitro benzene ring substituents is 1. The van der Waals surface area contributed by atoms with Crippen molar-refractivity contribution in [2.45, 2.75) is 19.8 Å². The summed E-state index contributed by atoms with van der Waals surface area (Å²) in [6, 6.07) is 13.9. The van der Waals surface area contributed by atoms with Crippen LogP contribution in [0, 0.1) is 23.0 Å². The Morgan fingerprint density at radius 1 is 1.21 bits per heavy atom. The fourth-order valence-electron chi connectivity index (χ4n) is 3.95. The predicted molar refractivity (Wildman–Crippen MR) is 130 cm³/mol. The van der Waals surface area contributed by atoms with Gasteiger partial charge in [0.25, 0.3) is 11.6 Å². The van der Waals surface area contributed by atoms with Crippen LogP contribution in [0.1, 0.15) is 17.8 Å². The van der Waals surface area contributed by atoms with Crippen molar-refractivity contribution in [1.29, 1.82) is 0 Å². The molecule has 176 valence electrons. The number of thiazole rings is 1. The normalized spacial score (nSPS) is 14.0. The number of nitrogens with zero attached hydrogens (tertiary/aromatic N) is 3. The Hall–Kier alpha value is -3.79. The van der Waals surface area contributed by atoms with Crippen molar-refractivity contribution >= 4 is 40.3 Å². The van der Waals surface area contributed by atoms with E-state index in [1.165, 1.54) is 6.07 Å². The number of amides is 1. The molecule has 2 aromatic carbocycles. The number of carbonyl (C=O) groups excluding carboxylic acids is 2. The number of hydrogen-bond acceptors (Lipinski definition) is 8. The lowest BCUT2D eigenvalue weighted by molar-refractivity contribution is -0.384. The zero-order valence-corrected chi connectivity index (χ0v) is 19.4. The summed E-state index contributed by atoms with van der Waals surface area (Å²) < 4.78 is 5.25. The summed E-state index contributed by atoms with van der Waals surface area (Å²) in [5.74, 6) is -1.19. The number of ether oxygens (including phenoxy) is 1. The van der Waals surface area contributed by atoms with Gasteiger partial charge in [-0.3, -0.25) is 19.7 Å². The number of carbonyl (C=O) groups is 2. The van der Waals surface area contributed by atoms with Gasteiger partial charge in [0.1, 0.15) is 5.69 Å². The molecule has 1 aromatic heterocycles. The zero-order chi connectivity index (χ0) is 24.1. The molecule has 1 saturated heterocycles. The van der Waals surface area contributed by atoms with Crippen molar-refractivity contribution in [2.24, 2.45) is 5.92 Å². The van der Waals surface area contributed by atoms with Gasteiger partial charge in [-0.25, -0.2) is 4.98 Å². The highest BCUT2D eigenvalue weighted by molar-refractivity contribution is 7.09. The fourth-order valence-corrected chi connectivity index (χ4v) is 4.57. The highest BCUT2D eigenvalue weighted by Crippen LogP contribution is 2.31. The van der Waals surface area contributed by atoms with Crippen molar-refractivity contribution in [3.63, 3.8) is 0 Å². The molecule has 10 heteroatoms. The van der Waals surface area contributed by atoms with Crippen LogP contribution in [0.2, 0.25) is 0 Å². The van der Waals surface area contributed by atoms with Crippen LogP contribution in [0.25, 0.3) is 11.3 Å². The summed E-state index contributed by atoms with van der Waals surface area (Å²) in [6.45, 7) is 2.56. The van der Waals surface area contributed by atoms with E-state index in [1.807, 2.05) is 35.4 Å². The fraction of sp³-hybridized carbons (Fsp3) is 0.292. The SMILES string of the molecule is Cc1nc(-c2cccc(NC(=O)COC(=O)C3CCN(c4ccccc4[N+](=O)[O-])CC3)c2)cs1. The Balaban J connectivity index is 1.26. The number of aromatic nitrogens is 1. The number of hydrogen-bond donors (Lipinski definition) is 1. The van der Waals surface area contributed by atoms with Gasteiger partial charge in [-0.2, -0.15) is 0 Å². The largest absolute Gasteiger partial charge is 0.455 e. The van der Waals surface area contributed by atoms with E-state index < -0.39 is 16.8 Å². The van der Waals surface area contributed by atoms with Crippen molar-refractivity contribution < 1.29 is 19.2 Å². The average Bonchev–Trinajstić information content (AvgIpc) is 3.29. The number of rotatable bonds is 7. The Bertz CT molecular complexity index is 1200. The zero-order valence-electron chi connectivity index (χ0n) is 18.6. The number of anilines is 2. The minimum atomic E-state index is -0.427. The van der Waals surface area contributed by atoms with Crippen molar-refractivity contribution in [3.8, 4) is 11.3 Å². The van der Waals surface area contributed by atoms with Crippen molar-refractivity contribution in [1.82, 2.24) is 4.98 Å². The lowest BCUT2D eigenvalue weighted by Gasteiger charge is -2.32. The summed E-state index contributed by atoms with van der Waals surface area (Å²) in [5, 5.41) is 16.9. The van der Waals surface area contributed by atoms with Crippen LogP contribution in [0.15, 0.2) is 53.9 Å². The van der Waals surface area contributed by atoms with Crippen LogP contribution >= 0.6 is 11.3 Å². The molecule has 0 atom stereocenters. The summed E-state index contributed by atoms with van der Waals surface area (Å²) >= 11 is 1.56. The van der Waals surface area contributed by atoms with Gasteiger partial charge in [-0.05, 0) is 38.0 Å². The molecule has 0 radical (unpaired) electrons. The summed E-state index contributed by atoms with van der Waals surface area (Å²) in [5.41, 5.74) is 2.94. The predicted octanol–water partition coefficient (Wildman–Crippen LogP) is 4.43. The molecule has 34 heavy (non-hydrogen) atoms. The Labute approximate surface area is 200 Å². The first-order valence-corrected chi connectivity index (χ1v) is 11.8. The molecule has 0 aliphatic carbocycles. The minimum absolute atomic E-state index is 0.0502. The van der Waals surface area contributed by atoms with E-state index in [4.69, 9.17) is 4.74 Å². The molecular weight excluding hydrogens is 456 g/mol. The molecule has 3 aromatic rings. The monoisotopic (exact) mass is 480 g/mol. The lowest BCUT2D eigenvalue weighted by Crippen LogP contribution is -2.37. The van der Waals surface area contributed by atoms with Gasteiger partial charge < -0.3 is 15.0 Å². The van der Waals surface area contributed by atoms with E-state index >= 15 is 0 Å². The maximum Gasteiger partial charge on any atom is 0.309 e. The first kappa shape index (κ1) is 23.4. The minimum Gasteiger partial charge on any atom is -0.455 e. The molecule has 0 bridgehead atoms. The van der Waals surface area contributed by atoms with E-state index in [0.717, 1.165) is 16.3 Å². The third-order valence-electron chi connectivity index (χ3n) is 5.65. The Morgan fingerprint density at radius 3 is 2.68 bits per heavy atom. The standard InChI is InChI=1S/C24H24N4O5S/c1-16-25-20(15-34-16)18-5-4-6-19(13-18)26-23(29)14-33-24(30)17-9-11-27(12-10-17)21-7-2-3-8-22(21)28(31)32/h2-8,13,15,17H,9-12,14H2,1H3,(H,26,29). The number of nitro groups is 1. The second-order valence-corrected chi connectivity index (χ2v) is 9.06. The number of piperidine rings is 1. The number of benzene rings is 2. The number of esters is 1. The Kier molecular flexibility index (Phi) is 7.17. The first-order valence-electron chi connectivity index (χ1n) is 10.9. The van der Waals surface area contributed by atoms with Crippen molar-refractivity contribution in [2.75, 3.05) is 29.9 Å². The smallest absolute Gasteiger partial charge is 0.309 e. The molecule has 1 N–H and O–H groups in total. The van der Waals surface area contributed by atoms with Gasteiger partial charge in [-0.15, -0.1) is 11.3 Å². The first-order chi connectivity index (χ1) is 16.4. The molecule has 1 amide bonds. The number of aryl methyl sites for hydroxylation is 1. The lowest BCUT2D eigenvalue weighted by atomic mass is 9.96. The van der Waals surface area contributed by atoms with Crippen LogP contribution in [0.4, 0.5) is 17.1 Å². The molecule has 0 unspecified atom stereocenters. The van der Waals surface area contributed by atoms with Crippen LogP contribution in [-0.2, 0) is 14.3 Å². The van der Waals surface area contributed by atoms with Gasteiger partial charge >= 0.3 is 5.97 Å². The van der Waals surface area contributed by atoms with Crippen LogP contribution in [-0.4, -0.2) is 41.5 Å². The molecule has 1 fully saturated rings. The van der Waals surface area contributed by atoms with Crippen LogP contribution in [0.5, 0.6) is 0 Å². The van der Waals surface area contributed by atoms with Gasteiger partial charge in [0.15, 0.2) is 6.61 Å². The van der Waals surface area contributed by atoms with Crippen molar-refractivity contribution in [3.05, 3.63) is 69.0 Å². The van der Waals surface area contributed by atoms with E-state index in [2.05, 4.69) is 10.3 Å². The maximum absolute atomic E-state index is 12.5. The molecule has 4 rings (SSSR count). The molecule has 0 saturated carbocycles. The Morgan fingerprint density at radius 2 is 1.97 bits per heavy atom. The second kappa shape index (κ2) is 10.4. The molecule has 1 aliphatic rings. The van der Waals surface area contributed by atoms with Gasteiger partial charge in [-0.1, -0.05) is 24.3 Å². The molecule has 0 spiro atoms. The van der Waals surface area contributed by atoms with Crippen LogP contribution in [0.3, 0.4) is 0 Å². The van der Waals surface area contributed by atoms with Gasteiger partial charge in [0.05, 0.1) is 21.5 Å². The highest BCUT2D eigenvalue weighted by Gasteiger charge is 2.29. The summed E-state index contributed by atoms with van der Waals surface area (Å²) in [7, 11) is 0. The topological polar surface area (TPSA) is 115 Å². The maximum atomic E-state index is 12.5. The number of para-hydroxylation sites is 2. The van der Waals surface area contributed by atoms with E-state index in [9.17, 15) is 19.7 Å². The summed E-state index contributed by atoms with van der Waals surface area (Å²) in [6.07, 6.45) is 1.00. The van der Waals surface area contributed by atoms with Gasteiger partial charge in [0.2, 0.25) is 0 Å². The van der Waals surface area contributed by atoms with E-state index in [0.29, 0.717) is 37.3 Å². The summed E-state index contributed by atoms with van der Waals surface area (Å²) in [4.78, 5) is 42.0. The van der Waals surface area contributed by atoms with E-state index in [-0.39, 0.29) is 18.2 Å². The highest BCUT2D eigenvalue weighted by atomic mass is 32.1. The van der Waals surface area contributed by atoms with Gasteiger partial charge in [0, 0.05) is 35.8 Å². The van der Waals surface area contributed by atoms with Crippen LogP contribution < -0.4 is 10.2 Å². The third kappa shape index (κ3) is 5.57. The van der Waals surface area contributed by atoms with E-state index in [1.54, 1.807) is 35.6 Å². The second-order valence-electron chi connectivity index (χ2n) is 8.00. The average molecular weight is 481 g/mol. The molecule has 2 heterocycles. The number of nitrogens with one attached hydrogen (secondary N) is 1. The molecule has 9 nitrogen and oxygen atoms in total. The third-order valence-corrected chi connectivity index (χ3v) is 6.43. The molecule has 1 aliphatic heterocycles.